The van der Waals surface area contributed by atoms with Crippen LogP contribution >= 0.6 is 11.8 Å². The highest BCUT2D eigenvalue weighted by atomic mass is 32.2. The molecular formula is C12H14FN3OS. The van der Waals surface area contributed by atoms with Gasteiger partial charge in [0.25, 0.3) is 0 Å². The Morgan fingerprint density at radius 1 is 1.33 bits per heavy atom. The quantitative estimate of drug-likeness (QED) is 0.814. The molecule has 1 heterocycles. The minimum atomic E-state index is -0.227. The van der Waals surface area contributed by atoms with E-state index in [2.05, 4.69) is 10.1 Å². The SMILES string of the molecule is NCCCc1nc(CSc2ccccc2F)no1. The third kappa shape index (κ3) is 3.54. The fraction of sp³-hybridized carbons (Fsp3) is 0.333. The smallest absolute Gasteiger partial charge is 0.226 e. The van der Waals surface area contributed by atoms with Gasteiger partial charge in [0.1, 0.15) is 5.82 Å². The van der Waals surface area contributed by atoms with Crippen molar-refractivity contribution in [2.75, 3.05) is 6.54 Å². The van der Waals surface area contributed by atoms with Gasteiger partial charge in [-0.15, -0.1) is 11.8 Å². The maximum atomic E-state index is 13.4. The highest BCUT2D eigenvalue weighted by molar-refractivity contribution is 7.98. The second-order valence-electron chi connectivity index (χ2n) is 3.72. The Morgan fingerprint density at radius 3 is 2.94 bits per heavy atom. The van der Waals surface area contributed by atoms with Crippen molar-refractivity contribution in [2.24, 2.45) is 5.73 Å². The molecule has 0 aliphatic carbocycles. The lowest BCUT2D eigenvalue weighted by atomic mass is 10.3. The number of hydrogen-bond donors (Lipinski definition) is 1. The Bertz CT molecular complexity index is 504. The van der Waals surface area contributed by atoms with Gasteiger partial charge in [-0.05, 0) is 25.1 Å². The second-order valence-corrected chi connectivity index (χ2v) is 4.73. The van der Waals surface area contributed by atoms with Crippen LogP contribution in [-0.4, -0.2) is 16.7 Å². The minimum absolute atomic E-state index is 0.227. The first-order valence-corrected chi connectivity index (χ1v) is 6.67. The third-order valence-corrected chi connectivity index (χ3v) is 3.34. The zero-order valence-corrected chi connectivity index (χ0v) is 10.6. The lowest BCUT2D eigenvalue weighted by molar-refractivity contribution is 0.372. The highest BCUT2D eigenvalue weighted by Crippen LogP contribution is 2.24. The molecule has 0 amide bonds. The first-order valence-electron chi connectivity index (χ1n) is 5.68. The summed E-state index contributed by atoms with van der Waals surface area (Å²) in [6.07, 6.45) is 1.51. The normalized spacial score (nSPS) is 10.8. The summed E-state index contributed by atoms with van der Waals surface area (Å²) in [5.41, 5.74) is 5.40. The van der Waals surface area contributed by atoms with Gasteiger partial charge in [0.15, 0.2) is 5.82 Å². The summed E-state index contributed by atoms with van der Waals surface area (Å²) < 4.78 is 18.4. The zero-order chi connectivity index (χ0) is 12.8. The van der Waals surface area contributed by atoms with Crippen LogP contribution in [0.2, 0.25) is 0 Å². The van der Waals surface area contributed by atoms with Crippen molar-refractivity contribution in [3.63, 3.8) is 0 Å². The Balaban J connectivity index is 1.90. The molecule has 6 heteroatoms. The summed E-state index contributed by atoms with van der Waals surface area (Å²) in [5, 5.41) is 3.84. The summed E-state index contributed by atoms with van der Waals surface area (Å²) in [5.74, 6) is 1.43. The van der Waals surface area contributed by atoms with E-state index >= 15 is 0 Å². The van der Waals surface area contributed by atoms with E-state index in [1.807, 2.05) is 0 Å². The standard InChI is InChI=1S/C12H14FN3OS/c13-9-4-1-2-5-10(9)18-8-11-15-12(17-16-11)6-3-7-14/h1-2,4-5H,3,6-8,14H2. The average Bonchev–Trinajstić information content (AvgIpc) is 2.83. The molecule has 2 N–H and O–H groups in total. The van der Waals surface area contributed by atoms with Gasteiger partial charge in [0.05, 0.1) is 5.75 Å². The van der Waals surface area contributed by atoms with Crippen LogP contribution in [0.3, 0.4) is 0 Å². The Labute approximate surface area is 109 Å². The minimum Gasteiger partial charge on any atom is -0.339 e. The van der Waals surface area contributed by atoms with E-state index in [1.165, 1.54) is 17.8 Å². The van der Waals surface area contributed by atoms with Gasteiger partial charge >= 0.3 is 0 Å². The van der Waals surface area contributed by atoms with Gasteiger partial charge in [-0.2, -0.15) is 4.98 Å². The van der Waals surface area contributed by atoms with Crippen LogP contribution in [0.15, 0.2) is 33.7 Å². The maximum absolute atomic E-state index is 13.4. The molecule has 18 heavy (non-hydrogen) atoms. The highest BCUT2D eigenvalue weighted by Gasteiger charge is 2.08. The van der Waals surface area contributed by atoms with Crippen LogP contribution in [0.4, 0.5) is 4.39 Å². The lowest BCUT2D eigenvalue weighted by Crippen LogP contribution is -2.00. The number of aryl methyl sites for hydroxylation is 1. The topological polar surface area (TPSA) is 64.9 Å². The summed E-state index contributed by atoms with van der Waals surface area (Å²) in [7, 11) is 0. The molecule has 1 aromatic heterocycles. The number of halogens is 1. The molecule has 2 aromatic rings. The number of rotatable bonds is 6. The van der Waals surface area contributed by atoms with Crippen LogP contribution < -0.4 is 5.73 Å². The molecule has 0 fully saturated rings. The van der Waals surface area contributed by atoms with Crippen molar-refractivity contribution >= 4 is 11.8 Å². The summed E-state index contributed by atoms with van der Waals surface area (Å²) in [4.78, 5) is 4.80. The van der Waals surface area contributed by atoms with Crippen LogP contribution in [0.5, 0.6) is 0 Å². The molecule has 2 rings (SSSR count). The fourth-order valence-corrected chi connectivity index (χ4v) is 2.19. The number of hydrogen-bond acceptors (Lipinski definition) is 5. The predicted molar refractivity (Wildman–Crippen MR) is 67.6 cm³/mol. The Hall–Kier alpha value is -1.40. The van der Waals surface area contributed by atoms with E-state index in [4.69, 9.17) is 10.3 Å². The molecule has 0 aliphatic rings. The van der Waals surface area contributed by atoms with Crippen LogP contribution in [0.1, 0.15) is 18.1 Å². The van der Waals surface area contributed by atoms with Gasteiger partial charge in [-0.3, -0.25) is 0 Å². The van der Waals surface area contributed by atoms with Crippen LogP contribution in [0.25, 0.3) is 0 Å². The van der Waals surface area contributed by atoms with Crippen molar-refractivity contribution < 1.29 is 8.91 Å². The molecule has 0 spiro atoms. The molecule has 0 aliphatic heterocycles. The zero-order valence-electron chi connectivity index (χ0n) is 9.80. The first-order chi connectivity index (χ1) is 8.79. The lowest BCUT2D eigenvalue weighted by Gasteiger charge is -1.99. The summed E-state index contributed by atoms with van der Waals surface area (Å²) in [6.45, 7) is 0.599. The van der Waals surface area contributed by atoms with Gasteiger partial charge in [0, 0.05) is 11.3 Å². The number of nitrogens with two attached hydrogens (primary N) is 1. The Kier molecular flexibility index (Phi) is 4.72. The molecule has 0 atom stereocenters. The van der Waals surface area contributed by atoms with E-state index in [-0.39, 0.29) is 5.82 Å². The van der Waals surface area contributed by atoms with Crippen molar-refractivity contribution in [3.05, 3.63) is 41.8 Å². The summed E-state index contributed by atoms with van der Waals surface area (Å²) in [6, 6.07) is 6.63. The number of thioether (sulfide) groups is 1. The third-order valence-electron chi connectivity index (χ3n) is 2.30. The van der Waals surface area contributed by atoms with Gasteiger partial charge in [0.2, 0.25) is 5.89 Å². The molecule has 0 saturated heterocycles. The van der Waals surface area contributed by atoms with Crippen molar-refractivity contribution in [1.82, 2.24) is 10.1 Å². The predicted octanol–water partition coefficient (Wildman–Crippen LogP) is 2.39. The van der Waals surface area contributed by atoms with E-state index in [0.717, 1.165) is 6.42 Å². The monoisotopic (exact) mass is 267 g/mol. The van der Waals surface area contributed by atoms with Crippen molar-refractivity contribution in [3.8, 4) is 0 Å². The van der Waals surface area contributed by atoms with E-state index in [0.29, 0.717) is 35.3 Å². The molecule has 0 unspecified atom stereocenters. The first kappa shape index (κ1) is 13.0. The van der Waals surface area contributed by atoms with Crippen LogP contribution in [0, 0.1) is 5.82 Å². The fourth-order valence-electron chi connectivity index (χ4n) is 1.41. The van der Waals surface area contributed by atoms with Crippen molar-refractivity contribution in [1.29, 1.82) is 0 Å². The molecule has 0 saturated carbocycles. The average molecular weight is 267 g/mol. The molecule has 0 radical (unpaired) electrons. The Morgan fingerprint density at radius 2 is 2.17 bits per heavy atom. The van der Waals surface area contributed by atoms with Crippen molar-refractivity contribution in [2.45, 2.75) is 23.5 Å². The summed E-state index contributed by atoms with van der Waals surface area (Å²) >= 11 is 1.35. The molecule has 4 nitrogen and oxygen atoms in total. The van der Waals surface area contributed by atoms with Gasteiger partial charge < -0.3 is 10.3 Å². The van der Waals surface area contributed by atoms with E-state index in [1.54, 1.807) is 18.2 Å². The molecule has 1 aromatic carbocycles. The van der Waals surface area contributed by atoms with Crippen LogP contribution in [-0.2, 0) is 12.2 Å². The van der Waals surface area contributed by atoms with Gasteiger partial charge in [-0.25, -0.2) is 4.39 Å². The number of benzene rings is 1. The van der Waals surface area contributed by atoms with E-state index < -0.39 is 0 Å². The van der Waals surface area contributed by atoms with Gasteiger partial charge in [-0.1, -0.05) is 17.3 Å². The second kappa shape index (κ2) is 6.51. The molecule has 96 valence electrons. The largest absolute Gasteiger partial charge is 0.339 e. The molecule has 0 bridgehead atoms. The molecular weight excluding hydrogens is 253 g/mol. The number of nitrogens with zero attached hydrogens (tertiary/aromatic N) is 2. The maximum Gasteiger partial charge on any atom is 0.226 e. The number of aromatic nitrogens is 2. The van der Waals surface area contributed by atoms with E-state index in [9.17, 15) is 4.39 Å².